The minimum absolute atomic E-state index is 0.249. The second kappa shape index (κ2) is 6.33. The Morgan fingerprint density at radius 2 is 2.26 bits per heavy atom. The lowest BCUT2D eigenvalue weighted by Crippen LogP contribution is -2.13. The fourth-order valence-corrected chi connectivity index (χ4v) is 1.76. The molecule has 0 saturated heterocycles. The van der Waals surface area contributed by atoms with Crippen LogP contribution in [0.1, 0.15) is 18.2 Å². The molecule has 1 N–H and O–H groups in total. The van der Waals surface area contributed by atoms with Crippen LogP contribution in [0.3, 0.4) is 0 Å². The highest BCUT2D eigenvalue weighted by Crippen LogP contribution is 2.20. The van der Waals surface area contributed by atoms with E-state index in [4.69, 9.17) is 4.74 Å². The number of ether oxygens (including phenoxy) is 1. The second-order valence-electron chi connectivity index (χ2n) is 4.32. The van der Waals surface area contributed by atoms with Crippen molar-refractivity contribution in [2.75, 3.05) is 6.54 Å². The van der Waals surface area contributed by atoms with Gasteiger partial charge in [-0.05, 0) is 24.7 Å². The van der Waals surface area contributed by atoms with Gasteiger partial charge in [-0.15, -0.1) is 0 Å². The Morgan fingerprint density at radius 1 is 1.42 bits per heavy atom. The molecule has 0 saturated carbocycles. The number of hydrogen-bond donors (Lipinski definition) is 1. The maximum Gasteiger partial charge on any atom is 0.130 e. The molecule has 0 fully saturated rings. The monoisotopic (exact) mass is 263 g/mol. The van der Waals surface area contributed by atoms with Gasteiger partial charge in [0.1, 0.15) is 18.2 Å². The van der Waals surface area contributed by atoms with Crippen LogP contribution in [-0.4, -0.2) is 16.1 Å². The molecule has 0 bridgehead atoms. The summed E-state index contributed by atoms with van der Waals surface area (Å²) >= 11 is 0. The lowest BCUT2D eigenvalue weighted by molar-refractivity contribution is 0.293. The Bertz CT molecular complexity index is 539. The molecule has 0 spiro atoms. The Balaban J connectivity index is 2.08. The van der Waals surface area contributed by atoms with Crippen LogP contribution in [0.15, 0.2) is 30.7 Å². The second-order valence-corrected chi connectivity index (χ2v) is 4.32. The molecule has 4 nitrogen and oxygen atoms in total. The third-order valence-electron chi connectivity index (χ3n) is 2.88. The van der Waals surface area contributed by atoms with Crippen molar-refractivity contribution in [3.8, 4) is 5.75 Å². The van der Waals surface area contributed by atoms with E-state index in [1.807, 2.05) is 18.5 Å². The highest BCUT2D eigenvalue weighted by molar-refractivity contribution is 5.34. The number of aryl methyl sites for hydroxylation is 1. The zero-order chi connectivity index (χ0) is 13.7. The summed E-state index contributed by atoms with van der Waals surface area (Å²) in [7, 11) is 1.91. The summed E-state index contributed by atoms with van der Waals surface area (Å²) < 4.78 is 20.9. The highest BCUT2D eigenvalue weighted by Gasteiger charge is 2.07. The molecule has 5 heteroatoms. The minimum Gasteiger partial charge on any atom is -0.487 e. The first-order valence-electron chi connectivity index (χ1n) is 6.28. The summed E-state index contributed by atoms with van der Waals surface area (Å²) in [6.07, 6.45) is 3.48. The molecule has 19 heavy (non-hydrogen) atoms. The van der Waals surface area contributed by atoms with Crippen LogP contribution >= 0.6 is 0 Å². The molecule has 1 aromatic carbocycles. The average molecular weight is 263 g/mol. The Labute approximate surface area is 112 Å². The van der Waals surface area contributed by atoms with Crippen molar-refractivity contribution in [2.24, 2.45) is 7.05 Å². The fraction of sp³-hybridized carbons (Fsp3) is 0.357. The fourth-order valence-electron chi connectivity index (χ4n) is 1.76. The summed E-state index contributed by atoms with van der Waals surface area (Å²) in [5, 5.41) is 3.17. The van der Waals surface area contributed by atoms with E-state index in [-0.39, 0.29) is 5.82 Å². The number of nitrogens with one attached hydrogen (secondary N) is 1. The van der Waals surface area contributed by atoms with E-state index in [9.17, 15) is 4.39 Å². The zero-order valence-corrected chi connectivity index (χ0v) is 11.2. The van der Waals surface area contributed by atoms with Crippen LogP contribution in [0.4, 0.5) is 4.39 Å². The maximum atomic E-state index is 13.3. The van der Waals surface area contributed by atoms with Crippen LogP contribution in [-0.2, 0) is 20.2 Å². The number of rotatable bonds is 6. The number of benzene rings is 1. The number of halogens is 1. The van der Waals surface area contributed by atoms with Crippen molar-refractivity contribution in [1.82, 2.24) is 14.9 Å². The van der Waals surface area contributed by atoms with Gasteiger partial charge in [0.05, 0.1) is 18.2 Å². The molecule has 0 aliphatic carbocycles. The normalized spacial score (nSPS) is 10.7. The first kappa shape index (κ1) is 13.5. The van der Waals surface area contributed by atoms with Gasteiger partial charge < -0.3 is 14.6 Å². The van der Waals surface area contributed by atoms with Gasteiger partial charge in [0.15, 0.2) is 0 Å². The summed E-state index contributed by atoms with van der Waals surface area (Å²) in [5.74, 6) is 0.448. The first-order valence-corrected chi connectivity index (χ1v) is 6.28. The van der Waals surface area contributed by atoms with Crippen molar-refractivity contribution in [3.63, 3.8) is 0 Å². The van der Waals surface area contributed by atoms with Gasteiger partial charge in [-0.25, -0.2) is 9.37 Å². The predicted molar refractivity (Wildman–Crippen MR) is 71.3 cm³/mol. The minimum atomic E-state index is -0.249. The van der Waals surface area contributed by atoms with Crippen LogP contribution < -0.4 is 10.1 Å². The Hall–Kier alpha value is -1.88. The lowest BCUT2D eigenvalue weighted by Gasteiger charge is -2.12. The number of nitrogens with zero attached hydrogens (tertiary/aromatic N) is 2. The van der Waals surface area contributed by atoms with Gasteiger partial charge in [-0.2, -0.15) is 0 Å². The summed E-state index contributed by atoms with van der Waals surface area (Å²) in [4.78, 5) is 4.03. The first-order chi connectivity index (χ1) is 9.20. The number of hydrogen-bond acceptors (Lipinski definition) is 3. The molecule has 0 aliphatic heterocycles. The Kier molecular flexibility index (Phi) is 4.52. The van der Waals surface area contributed by atoms with E-state index >= 15 is 0 Å². The van der Waals surface area contributed by atoms with E-state index in [2.05, 4.69) is 10.3 Å². The summed E-state index contributed by atoms with van der Waals surface area (Å²) in [5.41, 5.74) is 1.79. The summed E-state index contributed by atoms with van der Waals surface area (Å²) in [6.45, 7) is 3.85. The average Bonchev–Trinajstić information content (AvgIpc) is 2.81. The van der Waals surface area contributed by atoms with Gasteiger partial charge in [-0.3, -0.25) is 0 Å². The van der Waals surface area contributed by atoms with Gasteiger partial charge in [0, 0.05) is 19.2 Å². The standard InChI is InChI=1S/C14H18FN3O/c1-3-16-7-11-6-12(15)4-5-14(11)19-9-13-8-17-10-18(13)2/h4-6,8,10,16H,3,7,9H2,1-2H3. The van der Waals surface area contributed by atoms with Crippen LogP contribution in [0.25, 0.3) is 0 Å². The van der Waals surface area contributed by atoms with Gasteiger partial charge >= 0.3 is 0 Å². The van der Waals surface area contributed by atoms with Crippen molar-refractivity contribution >= 4 is 0 Å². The number of imidazole rings is 1. The molecular weight excluding hydrogens is 245 g/mol. The van der Waals surface area contributed by atoms with Crippen molar-refractivity contribution < 1.29 is 9.13 Å². The third kappa shape index (κ3) is 3.54. The molecule has 2 aromatic rings. The molecule has 0 aliphatic rings. The molecular formula is C14H18FN3O. The van der Waals surface area contributed by atoms with E-state index in [1.54, 1.807) is 18.6 Å². The van der Waals surface area contributed by atoms with Crippen LogP contribution in [0.2, 0.25) is 0 Å². The molecule has 1 aromatic heterocycles. The molecule has 0 radical (unpaired) electrons. The van der Waals surface area contributed by atoms with E-state index in [0.29, 0.717) is 18.9 Å². The quantitative estimate of drug-likeness (QED) is 0.868. The van der Waals surface area contributed by atoms with Crippen molar-refractivity contribution in [1.29, 1.82) is 0 Å². The zero-order valence-electron chi connectivity index (χ0n) is 11.2. The predicted octanol–water partition coefficient (Wildman–Crippen LogP) is 2.25. The van der Waals surface area contributed by atoms with Crippen LogP contribution in [0, 0.1) is 5.82 Å². The van der Waals surface area contributed by atoms with E-state index < -0.39 is 0 Å². The van der Waals surface area contributed by atoms with Gasteiger partial charge in [-0.1, -0.05) is 6.92 Å². The smallest absolute Gasteiger partial charge is 0.130 e. The highest BCUT2D eigenvalue weighted by atomic mass is 19.1. The van der Waals surface area contributed by atoms with E-state index in [1.165, 1.54) is 12.1 Å². The SMILES string of the molecule is CCNCc1cc(F)ccc1OCc1cncn1C. The topological polar surface area (TPSA) is 39.1 Å². The molecule has 0 atom stereocenters. The van der Waals surface area contributed by atoms with Crippen LogP contribution in [0.5, 0.6) is 5.75 Å². The van der Waals surface area contributed by atoms with E-state index in [0.717, 1.165) is 17.8 Å². The third-order valence-corrected chi connectivity index (χ3v) is 2.88. The molecule has 0 amide bonds. The lowest BCUT2D eigenvalue weighted by atomic mass is 10.2. The van der Waals surface area contributed by atoms with Crippen molar-refractivity contribution in [2.45, 2.75) is 20.1 Å². The maximum absolute atomic E-state index is 13.3. The molecule has 102 valence electrons. The van der Waals surface area contributed by atoms with Gasteiger partial charge in [0.25, 0.3) is 0 Å². The molecule has 1 heterocycles. The summed E-state index contributed by atoms with van der Waals surface area (Å²) in [6, 6.07) is 4.58. The van der Waals surface area contributed by atoms with Gasteiger partial charge in [0.2, 0.25) is 0 Å². The Morgan fingerprint density at radius 3 is 2.95 bits per heavy atom. The molecule has 2 rings (SSSR count). The largest absolute Gasteiger partial charge is 0.487 e. The number of aromatic nitrogens is 2. The van der Waals surface area contributed by atoms with Crippen molar-refractivity contribution in [3.05, 3.63) is 47.8 Å². The molecule has 0 unspecified atom stereocenters.